The van der Waals surface area contributed by atoms with Crippen molar-refractivity contribution in [1.29, 1.82) is 0 Å². The van der Waals surface area contributed by atoms with Crippen molar-refractivity contribution in [2.24, 2.45) is 0 Å². The molecule has 0 aliphatic carbocycles. The summed E-state index contributed by atoms with van der Waals surface area (Å²) in [5, 5.41) is 0. The van der Waals surface area contributed by atoms with Crippen LogP contribution in [-0.4, -0.2) is 33.9 Å². The van der Waals surface area contributed by atoms with Crippen molar-refractivity contribution in [2.45, 2.75) is 6.92 Å². The Morgan fingerprint density at radius 3 is 2.59 bits per heavy atom. The molecule has 0 heterocycles. The summed E-state index contributed by atoms with van der Waals surface area (Å²) in [6, 6.07) is 2.90. The number of ether oxygens (including phenoxy) is 2. The van der Waals surface area contributed by atoms with Crippen LogP contribution in [0.15, 0.2) is 12.1 Å². The monoisotopic (exact) mass is 242 g/mol. The first kappa shape index (κ1) is 13.6. The molecule has 0 amide bonds. The summed E-state index contributed by atoms with van der Waals surface area (Å²) in [5.41, 5.74) is 6.42. The van der Waals surface area contributed by atoms with Gasteiger partial charge >= 0.3 is 0 Å². The van der Waals surface area contributed by atoms with Gasteiger partial charge in [0, 0.05) is 32.3 Å². The Morgan fingerprint density at radius 1 is 1.35 bits per heavy atom. The largest absolute Gasteiger partial charge is 0.495 e. The second-order valence-corrected chi connectivity index (χ2v) is 3.62. The van der Waals surface area contributed by atoms with Gasteiger partial charge < -0.3 is 20.1 Å². The fourth-order valence-corrected chi connectivity index (χ4v) is 1.63. The SMILES string of the molecule is CCN(CCOC)c1cc(OC)c(N)cc1F. The van der Waals surface area contributed by atoms with Gasteiger partial charge in [-0.1, -0.05) is 0 Å². The molecule has 0 atom stereocenters. The average Bonchev–Trinajstić information content (AvgIpc) is 2.32. The zero-order chi connectivity index (χ0) is 12.8. The van der Waals surface area contributed by atoms with E-state index in [-0.39, 0.29) is 5.82 Å². The third kappa shape index (κ3) is 3.23. The van der Waals surface area contributed by atoms with E-state index in [1.165, 1.54) is 13.2 Å². The molecule has 0 saturated heterocycles. The molecule has 0 aliphatic rings. The van der Waals surface area contributed by atoms with Crippen LogP contribution in [0.5, 0.6) is 5.75 Å². The van der Waals surface area contributed by atoms with Crippen molar-refractivity contribution in [1.82, 2.24) is 0 Å². The normalized spacial score (nSPS) is 10.4. The van der Waals surface area contributed by atoms with E-state index in [9.17, 15) is 4.39 Å². The highest BCUT2D eigenvalue weighted by atomic mass is 19.1. The van der Waals surface area contributed by atoms with E-state index >= 15 is 0 Å². The van der Waals surface area contributed by atoms with Crippen LogP contribution in [0.2, 0.25) is 0 Å². The van der Waals surface area contributed by atoms with E-state index in [1.54, 1.807) is 13.2 Å². The van der Waals surface area contributed by atoms with Crippen LogP contribution < -0.4 is 15.4 Å². The van der Waals surface area contributed by atoms with E-state index in [2.05, 4.69) is 0 Å². The van der Waals surface area contributed by atoms with Gasteiger partial charge in [0.2, 0.25) is 0 Å². The van der Waals surface area contributed by atoms with E-state index in [4.69, 9.17) is 15.2 Å². The van der Waals surface area contributed by atoms with Crippen LogP contribution in [0.25, 0.3) is 0 Å². The predicted molar refractivity (Wildman–Crippen MR) is 67.1 cm³/mol. The zero-order valence-electron chi connectivity index (χ0n) is 10.5. The summed E-state index contributed by atoms with van der Waals surface area (Å²) in [4.78, 5) is 1.88. The van der Waals surface area contributed by atoms with Gasteiger partial charge in [-0.25, -0.2) is 4.39 Å². The number of anilines is 2. The van der Waals surface area contributed by atoms with Gasteiger partial charge in [0.25, 0.3) is 0 Å². The summed E-state index contributed by atoms with van der Waals surface area (Å²) < 4.78 is 23.9. The number of hydrogen-bond acceptors (Lipinski definition) is 4. The van der Waals surface area contributed by atoms with Crippen molar-refractivity contribution in [3.63, 3.8) is 0 Å². The summed E-state index contributed by atoms with van der Waals surface area (Å²) in [5.74, 6) is 0.138. The molecule has 0 fully saturated rings. The van der Waals surface area contributed by atoms with Gasteiger partial charge in [0.15, 0.2) is 0 Å². The Kier molecular flexibility index (Phi) is 5.03. The molecule has 96 valence electrons. The molecule has 1 aromatic rings. The van der Waals surface area contributed by atoms with E-state index in [0.29, 0.717) is 36.8 Å². The summed E-state index contributed by atoms with van der Waals surface area (Å²) in [7, 11) is 3.13. The highest BCUT2D eigenvalue weighted by Crippen LogP contribution is 2.30. The molecule has 0 aromatic heterocycles. The number of methoxy groups -OCH3 is 2. The zero-order valence-corrected chi connectivity index (χ0v) is 10.5. The maximum absolute atomic E-state index is 13.8. The highest BCUT2D eigenvalue weighted by molar-refractivity contribution is 5.63. The Morgan fingerprint density at radius 2 is 2.06 bits per heavy atom. The third-order valence-corrected chi connectivity index (χ3v) is 2.59. The van der Waals surface area contributed by atoms with E-state index in [0.717, 1.165) is 0 Å². The van der Waals surface area contributed by atoms with Crippen LogP contribution >= 0.6 is 0 Å². The molecule has 0 bridgehead atoms. The molecule has 5 heteroatoms. The number of hydrogen-bond donors (Lipinski definition) is 1. The van der Waals surface area contributed by atoms with Gasteiger partial charge in [-0.3, -0.25) is 0 Å². The molecule has 0 aliphatic heterocycles. The number of rotatable bonds is 6. The Balaban J connectivity index is 3.01. The summed E-state index contributed by atoms with van der Waals surface area (Å²) in [6.07, 6.45) is 0. The topological polar surface area (TPSA) is 47.7 Å². The summed E-state index contributed by atoms with van der Waals surface area (Å²) in [6.45, 7) is 3.81. The third-order valence-electron chi connectivity index (χ3n) is 2.59. The molecule has 1 aromatic carbocycles. The smallest absolute Gasteiger partial charge is 0.148 e. The van der Waals surface area contributed by atoms with E-state index in [1.807, 2.05) is 11.8 Å². The standard InChI is InChI=1S/C12H19FN2O2/c1-4-15(5-6-16-2)11-8-12(17-3)10(14)7-9(11)13/h7-8H,4-6,14H2,1-3H3. The number of nitrogens with zero attached hydrogens (tertiary/aromatic N) is 1. The maximum atomic E-state index is 13.8. The van der Waals surface area contributed by atoms with Gasteiger partial charge in [0.1, 0.15) is 11.6 Å². The Hall–Kier alpha value is -1.49. The molecule has 0 spiro atoms. The van der Waals surface area contributed by atoms with Gasteiger partial charge in [-0.05, 0) is 6.92 Å². The number of halogens is 1. The molecule has 17 heavy (non-hydrogen) atoms. The molecule has 2 N–H and O–H groups in total. The minimum Gasteiger partial charge on any atom is -0.495 e. The van der Waals surface area contributed by atoms with Crippen molar-refractivity contribution in [3.8, 4) is 5.75 Å². The number of likely N-dealkylation sites (N-methyl/N-ethyl adjacent to an activating group) is 1. The number of benzene rings is 1. The van der Waals surface area contributed by atoms with Crippen LogP contribution in [0, 0.1) is 5.82 Å². The number of nitrogens with two attached hydrogens (primary N) is 1. The van der Waals surface area contributed by atoms with Crippen LogP contribution in [0.4, 0.5) is 15.8 Å². The minimum atomic E-state index is -0.346. The lowest BCUT2D eigenvalue weighted by Gasteiger charge is -2.24. The first-order valence-electron chi connectivity index (χ1n) is 5.50. The minimum absolute atomic E-state index is 0.302. The highest BCUT2D eigenvalue weighted by Gasteiger charge is 2.13. The average molecular weight is 242 g/mol. The van der Waals surface area contributed by atoms with Crippen molar-refractivity contribution < 1.29 is 13.9 Å². The molecule has 0 unspecified atom stereocenters. The molecule has 0 radical (unpaired) electrons. The Labute approximate surface area is 101 Å². The molecule has 1 rings (SSSR count). The lowest BCUT2D eigenvalue weighted by Crippen LogP contribution is -2.27. The Bertz CT molecular complexity index is 372. The quantitative estimate of drug-likeness (QED) is 0.774. The summed E-state index contributed by atoms with van der Waals surface area (Å²) >= 11 is 0. The molecule has 0 saturated carbocycles. The van der Waals surface area contributed by atoms with Crippen molar-refractivity contribution in [3.05, 3.63) is 17.9 Å². The van der Waals surface area contributed by atoms with Crippen LogP contribution in [-0.2, 0) is 4.74 Å². The lowest BCUT2D eigenvalue weighted by molar-refractivity contribution is 0.205. The van der Waals surface area contributed by atoms with E-state index < -0.39 is 0 Å². The first-order chi connectivity index (χ1) is 8.13. The van der Waals surface area contributed by atoms with Crippen LogP contribution in [0.1, 0.15) is 6.92 Å². The van der Waals surface area contributed by atoms with Gasteiger partial charge in [-0.2, -0.15) is 0 Å². The molecular formula is C12H19FN2O2. The van der Waals surface area contributed by atoms with Gasteiger partial charge in [0.05, 0.1) is 25.1 Å². The fourth-order valence-electron chi connectivity index (χ4n) is 1.63. The fraction of sp³-hybridized carbons (Fsp3) is 0.500. The van der Waals surface area contributed by atoms with Crippen molar-refractivity contribution >= 4 is 11.4 Å². The first-order valence-corrected chi connectivity index (χ1v) is 5.50. The molecular weight excluding hydrogens is 223 g/mol. The van der Waals surface area contributed by atoms with Crippen molar-refractivity contribution in [2.75, 3.05) is 44.5 Å². The predicted octanol–water partition coefficient (Wildman–Crippen LogP) is 1.89. The second-order valence-electron chi connectivity index (χ2n) is 3.62. The number of nitrogen functional groups attached to an aromatic ring is 1. The van der Waals surface area contributed by atoms with Gasteiger partial charge in [-0.15, -0.1) is 0 Å². The lowest BCUT2D eigenvalue weighted by atomic mass is 10.2. The van der Waals surface area contributed by atoms with Crippen LogP contribution in [0.3, 0.4) is 0 Å². The maximum Gasteiger partial charge on any atom is 0.148 e. The second kappa shape index (κ2) is 6.30. The molecule has 4 nitrogen and oxygen atoms in total.